The third-order valence-corrected chi connectivity index (χ3v) is 4.26. The molecule has 1 aromatic heterocycles. The van der Waals surface area contributed by atoms with E-state index in [4.69, 9.17) is 9.72 Å². The van der Waals surface area contributed by atoms with Crippen LogP contribution in [0.3, 0.4) is 0 Å². The maximum atomic E-state index is 5.55. The van der Waals surface area contributed by atoms with Gasteiger partial charge in [-0.25, -0.2) is 4.98 Å². The summed E-state index contributed by atoms with van der Waals surface area (Å²) in [6.07, 6.45) is 0. The monoisotopic (exact) mass is 328 g/mol. The smallest absolute Gasteiger partial charge is 0.141 e. The van der Waals surface area contributed by atoms with E-state index in [9.17, 15) is 0 Å². The van der Waals surface area contributed by atoms with Crippen LogP contribution >= 0.6 is 0 Å². The molecule has 3 nitrogen and oxygen atoms in total. The van der Waals surface area contributed by atoms with E-state index in [1.165, 1.54) is 5.56 Å². The lowest BCUT2D eigenvalue weighted by atomic mass is 10.2. The molecule has 0 aliphatic carbocycles. The van der Waals surface area contributed by atoms with Gasteiger partial charge in [-0.2, -0.15) is 0 Å². The van der Waals surface area contributed by atoms with Gasteiger partial charge in [0, 0.05) is 12.1 Å². The fourth-order valence-corrected chi connectivity index (χ4v) is 3.09. The molecule has 0 saturated carbocycles. The highest BCUT2D eigenvalue weighted by Crippen LogP contribution is 2.27. The van der Waals surface area contributed by atoms with Crippen molar-refractivity contribution in [2.24, 2.45) is 0 Å². The Morgan fingerprint density at radius 1 is 0.840 bits per heavy atom. The molecule has 0 aliphatic rings. The van der Waals surface area contributed by atoms with Crippen LogP contribution in [0.5, 0.6) is 5.75 Å². The van der Waals surface area contributed by atoms with Crippen LogP contribution < -0.4 is 4.74 Å². The molecule has 0 bridgehead atoms. The highest BCUT2D eigenvalue weighted by Gasteiger charge is 2.12. The number of hydrogen-bond acceptors (Lipinski definition) is 2. The summed E-state index contributed by atoms with van der Waals surface area (Å²) in [5.41, 5.74) is 4.52. The number of benzene rings is 3. The molecule has 4 rings (SSSR count). The first-order chi connectivity index (χ1) is 12.3. The van der Waals surface area contributed by atoms with Gasteiger partial charge < -0.3 is 9.30 Å². The van der Waals surface area contributed by atoms with Crippen molar-refractivity contribution in [3.8, 4) is 17.1 Å². The number of hydrogen-bond donors (Lipinski definition) is 0. The van der Waals surface area contributed by atoms with Crippen LogP contribution in [0.1, 0.15) is 12.5 Å². The molecule has 0 aliphatic heterocycles. The van der Waals surface area contributed by atoms with Crippen LogP contribution in [0, 0.1) is 0 Å². The second-order valence-electron chi connectivity index (χ2n) is 5.95. The quantitative estimate of drug-likeness (QED) is 0.506. The minimum Gasteiger partial charge on any atom is -0.494 e. The lowest BCUT2D eigenvalue weighted by Crippen LogP contribution is -2.02. The zero-order valence-electron chi connectivity index (χ0n) is 14.2. The topological polar surface area (TPSA) is 27.1 Å². The van der Waals surface area contributed by atoms with Gasteiger partial charge in [0.25, 0.3) is 0 Å². The molecule has 25 heavy (non-hydrogen) atoms. The van der Waals surface area contributed by atoms with Crippen LogP contribution in [0.4, 0.5) is 0 Å². The predicted octanol–water partition coefficient (Wildman–Crippen LogP) is 5.15. The average molecular weight is 328 g/mol. The molecule has 3 aromatic carbocycles. The zero-order valence-corrected chi connectivity index (χ0v) is 14.2. The summed E-state index contributed by atoms with van der Waals surface area (Å²) in [6.45, 7) is 3.46. The van der Waals surface area contributed by atoms with E-state index in [0.29, 0.717) is 6.61 Å². The average Bonchev–Trinajstić information content (AvgIpc) is 3.02. The van der Waals surface area contributed by atoms with Crippen LogP contribution in [-0.2, 0) is 6.54 Å². The summed E-state index contributed by atoms with van der Waals surface area (Å²) >= 11 is 0. The maximum Gasteiger partial charge on any atom is 0.141 e. The molecule has 3 heteroatoms. The van der Waals surface area contributed by atoms with Gasteiger partial charge in [-0.3, -0.25) is 0 Å². The second kappa shape index (κ2) is 6.81. The summed E-state index contributed by atoms with van der Waals surface area (Å²) in [4.78, 5) is 4.88. The summed E-state index contributed by atoms with van der Waals surface area (Å²) in [5.74, 6) is 1.87. The molecular weight excluding hydrogens is 308 g/mol. The SMILES string of the molecule is CCOc1ccc(-c2nc3ccccc3n2Cc2ccccc2)cc1. The van der Waals surface area contributed by atoms with Gasteiger partial charge in [0.15, 0.2) is 0 Å². The second-order valence-corrected chi connectivity index (χ2v) is 5.95. The van der Waals surface area contributed by atoms with Crippen LogP contribution in [-0.4, -0.2) is 16.2 Å². The minimum absolute atomic E-state index is 0.672. The summed E-state index contributed by atoms with van der Waals surface area (Å²) in [6, 6.07) is 26.9. The molecule has 4 aromatic rings. The van der Waals surface area contributed by atoms with Crippen molar-refractivity contribution in [2.75, 3.05) is 6.61 Å². The third kappa shape index (κ3) is 3.13. The Morgan fingerprint density at radius 3 is 2.32 bits per heavy atom. The molecule has 1 heterocycles. The van der Waals surface area contributed by atoms with Crippen LogP contribution in [0.25, 0.3) is 22.4 Å². The lowest BCUT2D eigenvalue weighted by Gasteiger charge is -2.10. The van der Waals surface area contributed by atoms with Crippen molar-refractivity contribution in [3.63, 3.8) is 0 Å². The van der Waals surface area contributed by atoms with Crippen molar-refractivity contribution < 1.29 is 4.74 Å². The number of rotatable bonds is 5. The molecule has 124 valence electrons. The number of imidazole rings is 1. The Hall–Kier alpha value is -3.07. The van der Waals surface area contributed by atoms with Gasteiger partial charge in [0.05, 0.1) is 17.6 Å². The predicted molar refractivity (Wildman–Crippen MR) is 102 cm³/mol. The van der Waals surface area contributed by atoms with E-state index >= 15 is 0 Å². The van der Waals surface area contributed by atoms with E-state index in [-0.39, 0.29) is 0 Å². The molecule has 0 spiro atoms. The normalized spacial score (nSPS) is 10.9. The van der Waals surface area contributed by atoms with E-state index in [1.54, 1.807) is 0 Å². The zero-order chi connectivity index (χ0) is 17.1. The van der Waals surface area contributed by atoms with Gasteiger partial charge in [-0.15, -0.1) is 0 Å². The molecule has 0 N–H and O–H groups in total. The summed E-state index contributed by atoms with van der Waals surface area (Å²) in [5, 5.41) is 0. The summed E-state index contributed by atoms with van der Waals surface area (Å²) < 4.78 is 7.83. The van der Waals surface area contributed by atoms with E-state index < -0.39 is 0 Å². The van der Waals surface area contributed by atoms with Crippen LogP contribution in [0.15, 0.2) is 78.9 Å². The van der Waals surface area contributed by atoms with Gasteiger partial charge in [-0.05, 0) is 48.9 Å². The molecule has 0 fully saturated rings. The Kier molecular flexibility index (Phi) is 4.21. The first-order valence-electron chi connectivity index (χ1n) is 8.57. The number of para-hydroxylation sites is 2. The largest absolute Gasteiger partial charge is 0.494 e. The Bertz CT molecular complexity index is 972. The van der Waals surface area contributed by atoms with Crippen LogP contribution in [0.2, 0.25) is 0 Å². The van der Waals surface area contributed by atoms with Gasteiger partial charge in [0.2, 0.25) is 0 Å². The first kappa shape index (κ1) is 15.5. The van der Waals surface area contributed by atoms with E-state index in [2.05, 4.69) is 59.2 Å². The van der Waals surface area contributed by atoms with Crippen molar-refractivity contribution in [2.45, 2.75) is 13.5 Å². The molecule has 0 saturated heterocycles. The standard InChI is InChI=1S/C22H20N2O/c1-2-25-19-14-12-18(13-15-19)22-23-20-10-6-7-11-21(20)24(22)16-17-8-4-3-5-9-17/h3-15H,2,16H2,1H3. The fourth-order valence-electron chi connectivity index (χ4n) is 3.09. The molecule has 0 unspecified atom stereocenters. The number of fused-ring (bicyclic) bond motifs is 1. The first-order valence-corrected chi connectivity index (χ1v) is 8.57. The Labute approximate surface area is 147 Å². The maximum absolute atomic E-state index is 5.55. The fraction of sp³-hybridized carbons (Fsp3) is 0.136. The van der Waals surface area contributed by atoms with E-state index in [1.807, 2.05) is 31.2 Å². The lowest BCUT2D eigenvalue weighted by molar-refractivity contribution is 0.340. The van der Waals surface area contributed by atoms with Crippen molar-refractivity contribution in [1.82, 2.24) is 9.55 Å². The number of ether oxygens (including phenoxy) is 1. The summed E-state index contributed by atoms with van der Waals surface area (Å²) in [7, 11) is 0. The van der Waals surface area contributed by atoms with E-state index in [0.717, 1.165) is 34.7 Å². The highest BCUT2D eigenvalue weighted by molar-refractivity contribution is 5.80. The van der Waals surface area contributed by atoms with Crippen molar-refractivity contribution >= 4 is 11.0 Å². The number of aromatic nitrogens is 2. The molecule has 0 atom stereocenters. The number of nitrogens with zero attached hydrogens (tertiary/aromatic N) is 2. The van der Waals surface area contributed by atoms with Gasteiger partial charge >= 0.3 is 0 Å². The van der Waals surface area contributed by atoms with Gasteiger partial charge in [0.1, 0.15) is 11.6 Å². The third-order valence-electron chi connectivity index (χ3n) is 4.26. The Morgan fingerprint density at radius 2 is 1.56 bits per heavy atom. The van der Waals surface area contributed by atoms with Crippen molar-refractivity contribution in [1.29, 1.82) is 0 Å². The molecular formula is C22H20N2O. The van der Waals surface area contributed by atoms with Gasteiger partial charge in [-0.1, -0.05) is 42.5 Å². The molecule has 0 radical (unpaired) electrons. The van der Waals surface area contributed by atoms with Crippen molar-refractivity contribution in [3.05, 3.63) is 84.4 Å². The minimum atomic E-state index is 0.672. The Balaban J connectivity index is 1.81. The highest BCUT2D eigenvalue weighted by atomic mass is 16.5. The molecule has 0 amide bonds.